The van der Waals surface area contributed by atoms with Gasteiger partial charge in [-0.15, -0.1) is 0 Å². The van der Waals surface area contributed by atoms with Crippen LogP contribution in [0.3, 0.4) is 0 Å². The first kappa shape index (κ1) is 19.6. The molecule has 0 aliphatic rings. The van der Waals surface area contributed by atoms with E-state index < -0.39 is 0 Å². The van der Waals surface area contributed by atoms with Crippen LogP contribution in [0.4, 0.5) is 10.1 Å². The van der Waals surface area contributed by atoms with Crippen LogP contribution in [0.2, 0.25) is 0 Å². The fourth-order valence-electron chi connectivity index (χ4n) is 1.57. The monoisotopic (exact) mass is 304 g/mol. The van der Waals surface area contributed by atoms with E-state index in [0.29, 0.717) is 17.8 Å². The van der Waals surface area contributed by atoms with Crippen molar-refractivity contribution >= 4 is 11.6 Å². The zero-order valence-corrected chi connectivity index (χ0v) is 13.7. The number of carbonyl (C=O) groups is 1. The van der Waals surface area contributed by atoms with E-state index >= 15 is 0 Å². The Hall–Kier alpha value is -2.36. The Kier molecular flexibility index (Phi) is 10.1. The summed E-state index contributed by atoms with van der Waals surface area (Å²) in [6.07, 6.45) is 0. The van der Waals surface area contributed by atoms with Crippen molar-refractivity contribution in [2.24, 2.45) is 0 Å². The van der Waals surface area contributed by atoms with E-state index in [2.05, 4.69) is 5.32 Å². The summed E-state index contributed by atoms with van der Waals surface area (Å²) in [4.78, 5) is 11.8. The third kappa shape index (κ3) is 6.88. The molecule has 0 aliphatic heterocycles. The molecular weight excluding hydrogens is 279 g/mol. The number of halogens is 1. The molecule has 0 heterocycles. The van der Waals surface area contributed by atoms with Crippen LogP contribution in [0.5, 0.6) is 0 Å². The van der Waals surface area contributed by atoms with Gasteiger partial charge in [0.15, 0.2) is 0 Å². The van der Waals surface area contributed by atoms with Crippen molar-refractivity contribution in [1.82, 2.24) is 5.32 Å². The first-order valence-corrected chi connectivity index (χ1v) is 7.53. The van der Waals surface area contributed by atoms with Gasteiger partial charge in [-0.1, -0.05) is 45.9 Å². The second-order valence-electron chi connectivity index (χ2n) is 3.93. The number of hydrogen-bond donors (Lipinski definition) is 2. The molecule has 0 fully saturated rings. The lowest BCUT2D eigenvalue weighted by Crippen LogP contribution is -2.22. The van der Waals surface area contributed by atoms with E-state index in [0.717, 1.165) is 5.56 Å². The highest BCUT2D eigenvalue weighted by Gasteiger charge is 2.05. The molecule has 0 spiro atoms. The maximum absolute atomic E-state index is 12.7. The first-order valence-electron chi connectivity index (χ1n) is 7.53. The predicted octanol–water partition coefficient (Wildman–Crippen LogP) is 4.39. The molecule has 2 aromatic carbocycles. The first-order chi connectivity index (χ1) is 10.6. The number of nitrogens with one attached hydrogen (secondary N) is 1. The normalized spacial score (nSPS) is 8.77. The molecule has 0 aromatic heterocycles. The van der Waals surface area contributed by atoms with Crippen LogP contribution in [-0.4, -0.2) is 5.91 Å². The molecule has 0 radical (unpaired) electrons. The second kappa shape index (κ2) is 11.3. The maximum atomic E-state index is 12.7. The molecule has 3 nitrogen and oxygen atoms in total. The van der Waals surface area contributed by atoms with Gasteiger partial charge >= 0.3 is 0 Å². The molecule has 22 heavy (non-hydrogen) atoms. The standard InChI is InChI=1S/C14H13FN2O.2C2H6/c15-12-6-4-10(5-7-12)9-17-14(18)11-2-1-3-13(16)8-11;2*1-2/h1-8H,9,16H2,(H,17,18);2*1-2H3. The van der Waals surface area contributed by atoms with Gasteiger partial charge in [0.05, 0.1) is 0 Å². The molecule has 0 aliphatic carbocycles. The molecule has 0 bridgehead atoms. The van der Waals surface area contributed by atoms with Crippen molar-refractivity contribution in [1.29, 1.82) is 0 Å². The van der Waals surface area contributed by atoms with Gasteiger partial charge in [-0.05, 0) is 35.9 Å². The Labute approximate surface area is 132 Å². The highest BCUT2D eigenvalue weighted by atomic mass is 19.1. The summed E-state index contributed by atoms with van der Waals surface area (Å²) in [5.74, 6) is -0.493. The van der Waals surface area contributed by atoms with Crippen molar-refractivity contribution in [2.75, 3.05) is 5.73 Å². The zero-order chi connectivity index (χ0) is 17.0. The van der Waals surface area contributed by atoms with Crippen LogP contribution in [0.1, 0.15) is 43.6 Å². The highest BCUT2D eigenvalue weighted by molar-refractivity contribution is 5.94. The number of hydrogen-bond acceptors (Lipinski definition) is 2. The van der Waals surface area contributed by atoms with Gasteiger partial charge in [-0.2, -0.15) is 0 Å². The van der Waals surface area contributed by atoms with Gasteiger partial charge < -0.3 is 11.1 Å². The number of benzene rings is 2. The van der Waals surface area contributed by atoms with Crippen molar-refractivity contribution in [3.63, 3.8) is 0 Å². The van der Waals surface area contributed by atoms with E-state index in [1.165, 1.54) is 12.1 Å². The molecule has 4 heteroatoms. The van der Waals surface area contributed by atoms with Crippen LogP contribution >= 0.6 is 0 Å². The second-order valence-corrected chi connectivity index (χ2v) is 3.93. The van der Waals surface area contributed by atoms with E-state index in [1.54, 1.807) is 36.4 Å². The third-order valence-corrected chi connectivity index (χ3v) is 2.52. The molecule has 0 saturated carbocycles. The molecule has 0 atom stereocenters. The summed E-state index contributed by atoms with van der Waals surface area (Å²) >= 11 is 0. The molecule has 2 rings (SSSR count). The minimum absolute atomic E-state index is 0.202. The third-order valence-electron chi connectivity index (χ3n) is 2.52. The summed E-state index contributed by atoms with van der Waals surface area (Å²) in [7, 11) is 0. The Morgan fingerprint density at radius 1 is 1.05 bits per heavy atom. The van der Waals surface area contributed by atoms with E-state index in [9.17, 15) is 9.18 Å². The largest absolute Gasteiger partial charge is 0.399 e. The molecular formula is C18H25FN2O. The molecule has 3 N–H and O–H groups in total. The van der Waals surface area contributed by atoms with Crippen LogP contribution in [-0.2, 0) is 6.54 Å². The fourth-order valence-corrected chi connectivity index (χ4v) is 1.57. The fraction of sp³-hybridized carbons (Fsp3) is 0.278. The Morgan fingerprint density at radius 2 is 1.64 bits per heavy atom. The predicted molar refractivity (Wildman–Crippen MR) is 91.1 cm³/mol. The van der Waals surface area contributed by atoms with Gasteiger partial charge in [-0.3, -0.25) is 4.79 Å². The number of nitrogen functional groups attached to an aromatic ring is 1. The summed E-state index contributed by atoms with van der Waals surface area (Å²) < 4.78 is 12.7. The zero-order valence-electron chi connectivity index (χ0n) is 13.7. The number of anilines is 1. The lowest BCUT2D eigenvalue weighted by Gasteiger charge is -2.06. The van der Waals surface area contributed by atoms with E-state index in [4.69, 9.17) is 5.73 Å². The number of carbonyl (C=O) groups excluding carboxylic acids is 1. The maximum Gasteiger partial charge on any atom is 0.251 e. The van der Waals surface area contributed by atoms with Gasteiger partial charge in [0.1, 0.15) is 5.82 Å². The number of nitrogens with two attached hydrogens (primary N) is 1. The van der Waals surface area contributed by atoms with Gasteiger partial charge in [-0.25, -0.2) is 4.39 Å². The molecule has 0 unspecified atom stereocenters. The van der Waals surface area contributed by atoms with Crippen molar-refractivity contribution in [2.45, 2.75) is 34.2 Å². The Balaban J connectivity index is 0.00000102. The quantitative estimate of drug-likeness (QED) is 0.826. The van der Waals surface area contributed by atoms with Crippen molar-refractivity contribution < 1.29 is 9.18 Å². The summed E-state index contributed by atoms with van der Waals surface area (Å²) in [5, 5.41) is 2.74. The van der Waals surface area contributed by atoms with Gasteiger partial charge in [0, 0.05) is 17.8 Å². The summed E-state index contributed by atoms with van der Waals surface area (Å²) in [6.45, 7) is 8.36. The van der Waals surface area contributed by atoms with Crippen molar-refractivity contribution in [3.8, 4) is 0 Å². The topological polar surface area (TPSA) is 55.1 Å². The Morgan fingerprint density at radius 3 is 2.18 bits per heavy atom. The lowest BCUT2D eigenvalue weighted by molar-refractivity contribution is 0.0951. The smallest absolute Gasteiger partial charge is 0.251 e. The van der Waals surface area contributed by atoms with Crippen LogP contribution < -0.4 is 11.1 Å². The summed E-state index contributed by atoms with van der Waals surface area (Å²) in [5.41, 5.74) is 7.50. The number of amides is 1. The van der Waals surface area contributed by atoms with E-state index in [1.807, 2.05) is 27.7 Å². The van der Waals surface area contributed by atoms with Gasteiger partial charge in [0.2, 0.25) is 0 Å². The van der Waals surface area contributed by atoms with Crippen LogP contribution in [0.25, 0.3) is 0 Å². The number of rotatable bonds is 3. The molecule has 120 valence electrons. The Bertz CT molecular complexity index is 553. The average molecular weight is 304 g/mol. The highest BCUT2D eigenvalue weighted by Crippen LogP contribution is 2.07. The molecule has 0 saturated heterocycles. The SMILES string of the molecule is CC.CC.Nc1cccc(C(=O)NCc2ccc(F)cc2)c1. The van der Waals surface area contributed by atoms with Crippen molar-refractivity contribution in [3.05, 3.63) is 65.5 Å². The molecule has 1 amide bonds. The minimum Gasteiger partial charge on any atom is -0.399 e. The minimum atomic E-state index is -0.291. The summed E-state index contributed by atoms with van der Waals surface area (Å²) in [6, 6.07) is 12.7. The lowest BCUT2D eigenvalue weighted by atomic mass is 10.1. The average Bonchev–Trinajstić information content (AvgIpc) is 2.58. The molecule has 2 aromatic rings. The van der Waals surface area contributed by atoms with Crippen LogP contribution in [0.15, 0.2) is 48.5 Å². The van der Waals surface area contributed by atoms with Crippen LogP contribution in [0, 0.1) is 5.82 Å². The van der Waals surface area contributed by atoms with E-state index in [-0.39, 0.29) is 11.7 Å². The van der Waals surface area contributed by atoms with Gasteiger partial charge in [0.25, 0.3) is 5.91 Å².